The number of halogens is 1. The minimum Gasteiger partial charge on any atom is -0.344 e. The van der Waals surface area contributed by atoms with Crippen LogP contribution in [0.25, 0.3) is 0 Å². The van der Waals surface area contributed by atoms with Crippen LogP contribution in [0.15, 0.2) is 75.8 Å². The highest BCUT2D eigenvalue weighted by molar-refractivity contribution is 9.11. The third-order valence-corrected chi connectivity index (χ3v) is 11.1. The van der Waals surface area contributed by atoms with E-state index in [9.17, 15) is 13.7 Å². The number of nitrogens with zero attached hydrogens (tertiary/aromatic N) is 3. The number of quaternary nitrogens is 1. The number of hydrogen-bond donors (Lipinski definition) is 3. The Morgan fingerprint density at radius 1 is 1.05 bits per heavy atom. The summed E-state index contributed by atoms with van der Waals surface area (Å²) in [6, 6.07) is 12.6. The second-order valence-electron chi connectivity index (χ2n) is 14.1. The average Bonchev–Trinajstić information content (AvgIpc) is 3.24. The monoisotopic (exact) mass is 686 g/mol. The second-order valence-corrected chi connectivity index (χ2v) is 16.6. The zero-order valence-electron chi connectivity index (χ0n) is 28.1. The van der Waals surface area contributed by atoms with Crippen molar-refractivity contribution < 1.29 is 13.7 Å². The number of rotatable bonds is 11. The van der Waals surface area contributed by atoms with Gasteiger partial charge in [0.2, 0.25) is 0 Å². The fourth-order valence-corrected chi connectivity index (χ4v) is 8.13. The van der Waals surface area contributed by atoms with Gasteiger partial charge in [0.15, 0.2) is 0 Å². The summed E-state index contributed by atoms with van der Waals surface area (Å²) in [6.45, 7) is 16.4. The van der Waals surface area contributed by atoms with E-state index >= 15 is 0 Å². The van der Waals surface area contributed by atoms with E-state index in [0.717, 1.165) is 52.0 Å². The Kier molecular flexibility index (Phi) is 10.4. The Hall–Kier alpha value is -1.91. The SMILES string of the molecule is CCCC[N+]1(C)c2ccc(C)cc2C(C)(C)C1/C=C/C(Br)=C/C=C1/N(CCCN(C)C)c2ccc(S(O)(O)O)cc2C1(C)C. The van der Waals surface area contributed by atoms with Crippen molar-refractivity contribution in [1.29, 1.82) is 0 Å². The van der Waals surface area contributed by atoms with Gasteiger partial charge in [0.1, 0.15) is 22.6 Å². The standard InChI is InChI=1S/C36H52BrN3O3S/c1-10-11-23-40(9)32-18-13-26(2)24-30(32)36(5,6)34(40)20-15-27(37)14-19-33-35(3,4)29-25-28(44(41,42)43)16-17-31(29)39(33)22-12-21-38(7)8/h13-20,24-25,34H,10-12,21-23H2,1-9H3,(H2-,41,42,43)/p+1/b20-15+,27-14-,33-19+. The quantitative estimate of drug-likeness (QED) is 0.162. The number of fused-ring (bicyclic) bond motifs is 2. The fourth-order valence-electron chi connectivity index (χ4n) is 7.32. The van der Waals surface area contributed by atoms with Crippen molar-refractivity contribution >= 4 is 38.2 Å². The topological polar surface area (TPSA) is 67.2 Å². The molecule has 0 saturated carbocycles. The molecule has 0 fully saturated rings. The van der Waals surface area contributed by atoms with E-state index in [1.54, 1.807) is 12.1 Å². The highest BCUT2D eigenvalue weighted by atomic mass is 79.9. The molecular formula is C36H53BrN3O3S+. The number of anilines is 1. The van der Waals surface area contributed by atoms with Crippen LogP contribution in [-0.4, -0.2) is 65.4 Å². The molecule has 0 saturated heterocycles. The van der Waals surface area contributed by atoms with E-state index in [1.807, 2.05) is 6.07 Å². The van der Waals surface area contributed by atoms with Crippen molar-refractivity contribution in [1.82, 2.24) is 9.38 Å². The van der Waals surface area contributed by atoms with Crippen LogP contribution in [0.5, 0.6) is 0 Å². The predicted octanol–water partition coefficient (Wildman–Crippen LogP) is 9.44. The van der Waals surface area contributed by atoms with Crippen LogP contribution in [0.1, 0.15) is 70.6 Å². The number of unbranched alkanes of at least 4 members (excludes halogenated alkanes) is 1. The summed E-state index contributed by atoms with van der Waals surface area (Å²) in [5, 5.41) is 0. The van der Waals surface area contributed by atoms with Crippen LogP contribution in [0.3, 0.4) is 0 Å². The third kappa shape index (κ3) is 6.77. The Morgan fingerprint density at radius 3 is 2.39 bits per heavy atom. The molecule has 0 aromatic heterocycles. The Morgan fingerprint density at radius 2 is 1.75 bits per heavy atom. The molecule has 2 aliphatic rings. The van der Waals surface area contributed by atoms with Crippen LogP contribution < -0.4 is 9.38 Å². The molecule has 8 heteroatoms. The normalized spacial score (nSPS) is 24.0. The van der Waals surface area contributed by atoms with Crippen molar-refractivity contribution in [2.45, 2.75) is 82.6 Å². The minimum atomic E-state index is -3.80. The summed E-state index contributed by atoms with van der Waals surface area (Å²) in [5.41, 5.74) is 6.94. The largest absolute Gasteiger partial charge is 0.344 e. The maximum atomic E-state index is 9.98. The number of aryl methyl sites for hydroxylation is 1. The molecule has 0 bridgehead atoms. The van der Waals surface area contributed by atoms with Gasteiger partial charge in [-0.05, 0) is 114 Å². The Balaban J connectivity index is 1.70. The van der Waals surface area contributed by atoms with Gasteiger partial charge < -0.3 is 23.5 Å². The lowest BCUT2D eigenvalue weighted by molar-refractivity contribution is 0.239. The number of hydrogen-bond acceptors (Lipinski definition) is 5. The predicted molar refractivity (Wildman–Crippen MR) is 193 cm³/mol. The highest BCUT2D eigenvalue weighted by Crippen LogP contribution is 2.53. The lowest BCUT2D eigenvalue weighted by Crippen LogP contribution is -2.55. The van der Waals surface area contributed by atoms with Crippen molar-refractivity contribution in [2.24, 2.45) is 0 Å². The molecule has 2 aromatic rings. The molecule has 0 aliphatic carbocycles. The minimum absolute atomic E-state index is 0.00848. The van der Waals surface area contributed by atoms with Crippen LogP contribution in [0, 0.1) is 6.92 Å². The second kappa shape index (κ2) is 13.1. The van der Waals surface area contributed by atoms with Gasteiger partial charge in [0.25, 0.3) is 0 Å². The van der Waals surface area contributed by atoms with E-state index in [-0.39, 0.29) is 10.3 Å². The fraction of sp³-hybridized carbons (Fsp3) is 0.500. The van der Waals surface area contributed by atoms with Crippen LogP contribution in [0.4, 0.5) is 11.4 Å². The van der Waals surface area contributed by atoms with Crippen molar-refractivity contribution in [2.75, 3.05) is 45.7 Å². The summed E-state index contributed by atoms with van der Waals surface area (Å²) in [7, 11) is 2.76. The van der Waals surface area contributed by atoms with Crippen molar-refractivity contribution in [3.05, 3.63) is 87.6 Å². The summed E-state index contributed by atoms with van der Waals surface area (Å²) in [6.07, 6.45) is 12.3. The van der Waals surface area contributed by atoms with E-state index < -0.39 is 16.3 Å². The summed E-state index contributed by atoms with van der Waals surface area (Å²) < 4.78 is 31.8. The molecule has 4 rings (SSSR count). The molecule has 2 aromatic carbocycles. The molecule has 0 amide bonds. The van der Waals surface area contributed by atoms with E-state index in [2.05, 4.69) is 131 Å². The van der Waals surface area contributed by atoms with Crippen LogP contribution in [0.2, 0.25) is 0 Å². The molecule has 2 heterocycles. The number of likely N-dealkylation sites (N-methyl/N-ethyl adjacent to an activating group) is 1. The molecule has 242 valence electrons. The molecule has 2 unspecified atom stereocenters. The van der Waals surface area contributed by atoms with Gasteiger partial charge >= 0.3 is 0 Å². The van der Waals surface area contributed by atoms with Gasteiger partial charge in [-0.15, -0.1) is 0 Å². The molecular weight excluding hydrogens is 634 g/mol. The van der Waals surface area contributed by atoms with Crippen molar-refractivity contribution in [3.63, 3.8) is 0 Å². The van der Waals surface area contributed by atoms with Crippen molar-refractivity contribution in [3.8, 4) is 0 Å². The maximum absolute atomic E-state index is 9.98. The smallest absolute Gasteiger partial charge is 0.137 e. The first kappa shape index (κ1) is 35.0. The maximum Gasteiger partial charge on any atom is 0.137 e. The molecule has 0 radical (unpaired) electrons. The zero-order valence-corrected chi connectivity index (χ0v) is 30.5. The first-order chi connectivity index (χ1) is 20.4. The van der Waals surface area contributed by atoms with Gasteiger partial charge in [0, 0.05) is 33.4 Å². The molecule has 0 spiro atoms. The summed E-state index contributed by atoms with van der Waals surface area (Å²) >= 11 is 3.87. The molecule has 2 aliphatic heterocycles. The molecule has 44 heavy (non-hydrogen) atoms. The molecule has 2 atom stereocenters. The first-order valence-corrected chi connectivity index (χ1v) is 18.0. The van der Waals surface area contributed by atoms with E-state index in [4.69, 9.17) is 0 Å². The summed E-state index contributed by atoms with van der Waals surface area (Å²) in [5.74, 6) is 0. The van der Waals surface area contributed by atoms with E-state index in [1.165, 1.54) is 29.7 Å². The lowest BCUT2D eigenvalue weighted by Gasteiger charge is -2.39. The average molecular weight is 688 g/mol. The van der Waals surface area contributed by atoms with Gasteiger partial charge in [0.05, 0.1) is 23.9 Å². The third-order valence-electron chi connectivity index (χ3n) is 9.73. The Labute approximate surface area is 276 Å². The van der Waals surface area contributed by atoms with Crippen LogP contribution >= 0.6 is 26.8 Å². The summed E-state index contributed by atoms with van der Waals surface area (Å²) in [4.78, 5) is 4.68. The number of allylic oxidation sites excluding steroid dienone is 5. The van der Waals surface area contributed by atoms with Crippen LogP contribution in [-0.2, 0) is 10.8 Å². The van der Waals surface area contributed by atoms with Gasteiger partial charge in [-0.2, -0.15) is 0 Å². The van der Waals surface area contributed by atoms with Gasteiger partial charge in [-0.1, -0.05) is 54.8 Å². The number of benzene rings is 2. The van der Waals surface area contributed by atoms with Gasteiger partial charge in [-0.25, -0.2) is 0 Å². The molecule has 6 nitrogen and oxygen atoms in total. The zero-order chi connectivity index (χ0) is 32.7. The Bertz CT molecular complexity index is 1460. The molecule has 3 N–H and O–H groups in total. The first-order valence-electron chi connectivity index (χ1n) is 15.7. The van der Waals surface area contributed by atoms with E-state index in [0.29, 0.717) is 6.04 Å². The highest BCUT2D eigenvalue weighted by Gasteiger charge is 2.53. The van der Waals surface area contributed by atoms with Gasteiger partial charge in [-0.3, -0.25) is 4.48 Å². The lowest BCUT2D eigenvalue weighted by atomic mass is 9.79.